The molecule has 0 radical (unpaired) electrons. The third-order valence-electron chi connectivity index (χ3n) is 5.64. The lowest BCUT2D eigenvalue weighted by Gasteiger charge is -2.24. The zero-order valence-electron chi connectivity index (χ0n) is 18.5. The van der Waals surface area contributed by atoms with E-state index in [1.807, 2.05) is 20.8 Å². The van der Waals surface area contributed by atoms with Crippen molar-refractivity contribution in [1.29, 1.82) is 0 Å². The Morgan fingerprint density at radius 3 is 1.16 bits per heavy atom. The third-order valence-corrected chi connectivity index (χ3v) is 9.83. The van der Waals surface area contributed by atoms with Crippen molar-refractivity contribution in [3.63, 3.8) is 0 Å². The van der Waals surface area contributed by atoms with Crippen LogP contribution < -0.4 is 6.15 Å². The summed E-state index contributed by atoms with van der Waals surface area (Å²) in [6.07, 6.45) is 15.4. The van der Waals surface area contributed by atoms with Gasteiger partial charge < -0.3 is 11.3 Å². The van der Waals surface area contributed by atoms with Crippen LogP contribution in [-0.2, 0) is 4.79 Å². The van der Waals surface area contributed by atoms with Crippen molar-refractivity contribution in [2.75, 3.05) is 25.2 Å². The fourth-order valence-corrected chi connectivity index (χ4v) is 7.07. The Labute approximate surface area is 159 Å². The molecule has 0 aliphatic rings. The standard InChI is InChI=1S/C13H30P.C8H16O2.H3N/c1-5-8-11-14(4,12-9-6-2)13-10-7-3;1-4-8(5-2,6-3)7(9)10;/h5-13H2,1-4H3;4-6H2,1-3H3,(H,9,10);1H3/q+1;;. The lowest BCUT2D eigenvalue weighted by Crippen LogP contribution is -2.28. The smallest absolute Gasteiger partial charge is 0.309 e. The largest absolute Gasteiger partial charge is 0.481 e. The van der Waals surface area contributed by atoms with Gasteiger partial charge in [0.25, 0.3) is 0 Å². The van der Waals surface area contributed by atoms with Crippen molar-refractivity contribution in [3.8, 4) is 0 Å². The summed E-state index contributed by atoms with van der Waals surface area (Å²) in [6, 6.07) is 0. The van der Waals surface area contributed by atoms with Crippen molar-refractivity contribution in [3.05, 3.63) is 0 Å². The van der Waals surface area contributed by atoms with E-state index in [1.54, 1.807) is 18.5 Å². The van der Waals surface area contributed by atoms with E-state index in [-0.39, 0.29) is 6.15 Å². The minimum Gasteiger partial charge on any atom is -0.481 e. The van der Waals surface area contributed by atoms with Gasteiger partial charge in [-0.1, -0.05) is 60.8 Å². The summed E-state index contributed by atoms with van der Waals surface area (Å²) in [7, 11) is -0.519. The highest BCUT2D eigenvalue weighted by molar-refractivity contribution is 7.75. The van der Waals surface area contributed by atoms with Crippen LogP contribution in [0, 0.1) is 5.41 Å². The fourth-order valence-electron chi connectivity index (χ4n) is 3.16. The summed E-state index contributed by atoms with van der Waals surface area (Å²) in [6.45, 7) is 15.4. The Kier molecular flexibility index (Phi) is 20.5. The minimum atomic E-state index is -0.653. The monoisotopic (exact) mass is 378 g/mol. The number of carboxylic acid groups (broad SMARTS) is 1. The molecule has 0 amide bonds. The zero-order chi connectivity index (χ0) is 19.1. The van der Waals surface area contributed by atoms with Crippen LogP contribution in [0.3, 0.4) is 0 Å². The summed E-state index contributed by atoms with van der Waals surface area (Å²) in [5, 5.41) is 8.82. The van der Waals surface area contributed by atoms with E-state index >= 15 is 0 Å². The van der Waals surface area contributed by atoms with E-state index in [0.29, 0.717) is 0 Å². The number of hydrogen-bond acceptors (Lipinski definition) is 2. The van der Waals surface area contributed by atoms with Crippen molar-refractivity contribution in [1.82, 2.24) is 6.15 Å². The van der Waals surface area contributed by atoms with E-state index in [4.69, 9.17) is 5.11 Å². The fraction of sp³-hybridized carbons (Fsp3) is 0.952. The van der Waals surface area contributed by atoms with Gasteiger partial charge in [-0.2, -0.15) is 0 Å². The Balaban J connectivity index is -0.000000392. The molecule has 3 nitrogen and oxygen atoms in total. The number of hydrogen-bond donors (Lipinski definition) is 2. The Morgan fingerprint density at radius 1 is 0.760 bits per heavy atom. The minimum absolute atomic E-state index is 0. The maximum atomic E-state index is 10.7. The average molecular weight is 379 g/mol. The van der Waals surface area contributed by atoms with Crippen LogP contribution in [0.25, 0.3) is 0 Å². The van der Waals surface area contributed by atoms with E-state index in [9.17, 15) is 4.79 Å². The van der Waals surface area contributed by atoms with Crippen molar-refractivity contribution in [2.24, 2.45) is 5.41 Å². The maximum absolute atomic E-state index is 10.7. The van der Waals surface area contributed by atoms with Crippen LogP contribution in [0.1, 0.15) is 99.3 Å². The van der Waals surface area contributed by atoms with Gasteiger partial charge in [0.1, 0.15) is 0 Å². The molecule has 154 valence electrons. The number of carbonyl (C=O) groups is 1. The predicted molar refractivity (Wildman–Crippen MR) is 118 cm³/mol. The second-order valence-corrected chi connectivity index (χ2v) is 12.1. The van der Waals surface area contributed by atoms with Crippen LogP contribution >= 0.6 is 7.26 Å². The van der Waals surface area contributed by atoms with Gasteiger partial charge in [-0.3, -0.25) is 4.79 Å². The molecule has 0 aromatic heterocycles. The lowest BCUT2D eigenvalue weighted by molar-refractivity contribution is -0.149. The number of rotatable bonds is 13. The number of unbranched alkanes of at least 4 members (excludes halogenated alkanes) is 3. The molecule has 0 aromatic rings. The van der Waals surface area contributed by atoms with Crippen LogP contribution in [0.4, 0.5) is 0 Å². The highest BCUT2D eigenvalue weighted by Crippen LogP contribution is 2.57. The van der Waals surface area contributed by atoms with E-state index in [2.05, 4.69) is 27.4 Å². The van der Waals surface area contributed by atoms with Gasteiger partial charge in [0.2, 0.25) is 0 Å². The molecule has 0 aromatic carbocycles. The van der Waals surface area contributed by atoms with Gasteiger partial charge in [0, 0.05) is 13.9 Å². The molecule has 0 atom stereocenters. The first kappa shape index (κ1) is 29.6. The van der Waals surface area contributed by atoms with Crippen molar-refractivity contribution >= 4 is 13.2 Å². The topological polar surface area (TPSA) is 72.3 Å². The highest BCUT2D eigenvalue weighted by Gasteiger charge is 2.32. The van der Waals surface area contributed by atoms with Crippen molar-refractivity contribution in [2.45, 2.75) is 99.3 Å². The predicted octanol–water partition coefficient (Wildman–Crippen LogP) is 7.48. The van der Waals surface area contributed by atoms with Crippen LogP contribution in [0.2, 0.25) is 0 Å². The van der Waals surface area contributed by atoms with E-state index in [0.717, 1.165) is 19.3 Å². The molecule has 25 heavy (non-hydrogen) atoms. The van der Waals surface area contributed by atoms with E-state index in [1.165, 1.54) is 38.5 Å². The van der Waals surface area contributed by atoms with E-state index < -0.39 is 18.6 Å². The zero-order valence-corrected chi connectivity index (χ0v) is 19.4. The first-order valence-electron chi connectivity index (χ1n) is 10.4. The SMILES string of the molecule is CCC(CC)(CC)C(=O)O.CCCC[P+](C)(CCCC)CCCC.N. The van der Waals surface area contributed by atoms with Gasteiger partial charge in [0.05, 0.1) is 23.9 Å². The molecule has 0 unspecified atom stereocenters. The Hall–Kier alpha value is -0.140. The molecule has 0 heterocycles. The maximum Gasteiger partial charge on any atom is 0.309 e. The normalized spacial score (nSPS) is 11.3. The molecule has 0 bridgehead atoms. The molecule has 0 saturated carbocycles. The third kappa shape index (κ3) is 12.8. The quantitative estimate of drug-likeness (QED) is 0.326. The summed E-state index contributed by atoms with van der Waals surface area (Å²) in [5.74, 6) is -0.653. The average Bonchev–Trinajstić information content (AvgIpc) is 2.59. The lowest BCUT2D eigenvalue weighted by atomic mass is 9.80. The van der Waals surface area contributed by atoms with Gasteiger partial charge >= 0.3 is 5.97 Å². The molecule has 0 aliphatic heterocycles. The molecule has 0 fully saturated rings. The van der Waals surface area contributed by atoms with Crippen LogP contribution in [-0.4, -0.2) is 36.2 Å². The number of aliphatic carboxylic acids is 1. The molecular formula is C21H49NO2P+. The van der Waals surface area contributed by atoms with Crippen LogP contribution in [0.15, 0.2) is 0 Å². The van der Waals surface area contributed by atoms with Crippen molar-refractivity contribution < 1.29 is 9.90 Å². The molecular weight excluding hydrogens is 329 g/mol. The molecule has 0 spiro atoms. The second-order valence-electron chi connectivity index (χ2n) is 7.50. The van der Waals surface area contributed by atoms with Gasteiger partial charge in [-0.05, 0) is 38.5 Å². The molecule has 4 heteroatoms. The molecule has 0 saturated heterocycles. The highest BCUT2D eigenvalue weighted by atomic mass is 31.2. The summed E-state index contributed by atoms with van der Waals surface area (Å²) >= 11 is 0. The van der Waals surface area contributed by atoms with Gasteiger partial charge in [0.15, 0.2) is 0 Å². The van der Waals surface area contributed by atoms with Crippen LogP contribution in [0.5, 0.6) is 0 Å². The Morgan fingerprint density at radius 2 is 1.04 bits per heavy atom. The van der Waals surface area contributed by atoms with Gasteiger partial charge in [-0.15, -0.1) is 0 Å². The second kappa shape index (κ2) is 17.3. The molecule has 0 aliphatic carbocycles. The molecule has 0 rings (SSSR count). The van der Waals surface area contributed by atoms with Gasteiger partial charge in [-0.25, -0.2) is 0 Å². The summed E-state index contributed by atoms with van der Waals surface area (Å²) < 4.78 is 0. The molecule has 4 N–H and O–H groups in total. The first-order valence-corrected chi connectivity index (χ1v) is 13.2. The summed E-state index contributed by atoms with van der Waals surface area (Å²) in [4.78, 5) is 10.7. The summed E-state index contributed by atoms with van der Waals surface area (Å²) in [5.41, 5.74) is -0.458. The first-order chi connectivity index (χ1) is 11.3. The number of carboxylic acids is 1. The Bertz CT molecular complexity index is 274.